The molecule has 5 nitrogen and oxygen atoms in total. The lowest BCUT2D eigenvalue weighted by molar-refractivity contribution is 0.599. The maximum absolute atomic E-state index is 11.5. The van der Waals surface area contributed by atoms with Crippen LogP contribution in [0.2, 0.25) is 0 Å². The molecule has 1 aromatic carbocycles. The molecule has 0 unspecified atom stereocenters. The molecular weight excluding hydrogens is 342 g/mol. The second-order valence-electron chi connectivity index (χ2n) is 3.30. The van der Waals surface area contributed by atoms with Crippen LogP contribution < -0.4 is 0 Å². The van der Waals surface area contributed by atoms with Crippen LogP contribution in [-0.4, -0.2) is 18.2 Å². The van der Waals surface area contributed by atoms with Crippen molar-refractivity contribution in [2.24, 2.45) is 0 Å². The summed E-state index contributed by atoms with van der Waals surface area (Å²) in [5, 5.41) is 12.4. The monoisotopic (exact) mass is 345 g/mol. The van der Waals surface area contributed by atoms with Gasteiger partial charge in [0.1, 0.15) is 11.6 Å². The van der Waals surface area contributed by atoms with Crippen molar-refractivity contribution in [3.63, 3.8) is 0 Å². The van der Waals surface area contributed by atoms with Crippen LogP contribution in [0.25, 0.3) is 5.69 Å². The molecule has 0 spiro atoms. The Balaban J connectivity index is 2.70. The molecule has 1 heterocycles. The summed E-state index contributed by atoms with van der Waals surface area (Å²) < 4.78 is 24.9. The molecule has 0 amide bonds. The minimum atomic E-state index is -4.05. The summed E-state index contributed by atoms with van der Waals surface area (Å²) in [4.78, 5) is 0. The molecule has 92 valence electrons. The van der Waals surface area contributed by atoms with Crippen molar-refractivity contribution >= 4 is 35.7 Å². The SMILES string of the molecule is N#Cc1cnn(-c2ccc(Br)cc2)c1S(=O)(=O)Cl. The minimum absolute atomic E-state index is 0.0899. The van der Waals surface area contributed by atoms with Crippen LogP contribution in [0.5, 0.6) is 0 Å². The molecule has 2 rings (SSSR count). The zero-order valence-electron chi connectivity index (χ0n) is 8.71. The van der Waals surface area contributed by atoms with Crippen LogP contribution >= 0.6 is 26.6 Å². The van der Waals surface area contributed by atoms with Gasteiger partial charge in [-0.25, -0.2) is 13.1 Å². The van der Waals surface area contributed by atoms with Crippen LogP contribution in [-0.2, 0) is 9.05 Å². The molecular formula is C10H5BrClN3O2S. The summed E-state index contributed by atoms with van der Waals surface area (Å²) in [6.07, 6.45) is 1.16. The van der Waals surface area contributed by atoms with Gasteiger partial charge in [0.2, 0.25) is 0 Å². The van der Waals surface area contributed by atoms with Gasteiger partial charge in [-0.3, -0.25) is 0 Å². The van der Waals surface area contributed by atoms with E-state index in [4.69, 9.17) is 15.9 Å². The number of rotatable bonds is 2. The van der Waals surface area contributed by atoms with E-state index >= 15 is 0 Å². The molecule has 8 heteroatoms. The number of benzene rings is 1. The molecule has 2 aromatic rings. The van der Waals surface area contributed by atoms with Crippen LogP contribution in [0, 0.1) is 11.3 Å². The van der Waals surface area contributed by atoms with Crippen molar-refractivity contribution in [3.05, 3.63) is 40.5 Å². The average Bonchev–Trinajstić information content (AvgIpc) is 2.73. The third-order valence-corrected chi connectivity index (χ3v) is 3.97. The van der Waals surface area contributed by atoms with E-state index < -0.39 is 9.05 Å². The molecule has 0 atom stereocenters. The molecule has 0 aliphatic carbocycles. The Morgan fingerprint density at radius 2 is 1.94 bits per heavy atom. The molecule has 0 N–H and O–H groups in total. The largest absolute Gasteiger partial charge is 0.280 e. The van der Waals surface area contributed by atoms with Crippen molar-refractivity contribution in [2.45, 2.75) is 5.03 Å². The predicted molar refractivity (Wildman–Crippen MR) is 69.0 cm³/mol. The summed E-state index contributed by atoms with van der Waals surface area (Å²) in [7, 11) is 1.27. The molecule has 0 aliphatic heterocycles. The number of hydrogen-bond donors (Lipinski definition) is 0. The summed E-state index contributed by atoms with van der Waals surface area (Å²) in [6.45, 7) is 0. The Hall–Kier alpha value is -1.36. The predicted octanol–water partition coefficient (Wildman–Crippen LogP) is 2.43. The maximum Gasteiger partial charge on any atom is 0.280 e. The van der Waals surface area contributed by atoms with Crippen molar-refractivity contribution in [2.75, 3.05) is 0 Å². The fraction of sp³-hybridized carbons (Fsp3) is 0. The molecule has 18 heavy (non-hydrogen) atoms. The number of aromatic nitrogens is 2. The third kappa shape index (κ3) is 2.41. The van der Waals surface area contributed by atoms with E-state index in [0.717, 1.165) is 15.4 Å². The average molecular weight is 347 g/mol. The number of hydrogen-bond acceptors (Lipinski definition) is 4. The van der Waals surface area contributed by atoms with E-state index in [0.29, 0.717) is 5.69 Å². The third-order valence-electron chi connectivity index (χ3n) is 2.15. The zero-order chi connectivity index (χ0) is 13.3. The fourth-order valence-corrected chi connectivity index (χ4v) is 2.84. The van der Waals surface area contributed by atoms with Crippen LogP contribution in [0.1, 0.15) is 5.56 Å². The van der Waals surface area contributed by atoms with Gasteiger partial charge >= 0.3 is 0 Å². The summed E-state index contributed by atoms with van der Waals surface area (Å²) in [5.41, 5.74) is 0.409. The fourth-order valence-electron chi connectivity index (χ4n) is 1.41. The highest BCUT2D eigenvalue weighted by molar-refractivity contribution is 9.10. The number of nitriles is 1. The molecule has 0 radical (unpaired) electrons. The molecule has 1 aromatic heterocycles. The van der Waals surface area contributed by atoms with Crippen molar-refractivity contribution in [3.8, 4) is 11.8 Å². The second-order valence-corrected chi connectivity index (χ2v) is 6.70. The van der Waals surface area contributed by atoms with Crippen molar-refractivity contribution in [1.29, 1.82) is 5.26 Å². The zero-order valence-corrected chi connectivity index (χ0v) is 11.9. The van der Waals surface area contributed by atoms with E-state index in [2.05, 4.69) is 21.0 Å². The summed E-state index contributed by atoms with van der Waals surface area (Å²) in [5.74, 6) is 0. The lowest BCUT2D eigenvalue weighted by Gasteiger charge is -2.05. The topological polar surface area (TPSA) is 75.8 Å². The number of halogens is 2. The van der Waals surface area contributed by atoms with Crippen LogP contribution in [0.15, 0.2) is 40.0 Å². The van der Waals surface area contributed by atoms with E-state index in [9.17, 15) is 8.42 Å². The Kier molecular flexibility index (Phi) is 3.43. The van der Waals surface area contributed by atoms with Gasteiger partial charge < -0.3 is 0 Å². The van der Waals surface area contributed by atoms with E-state index in [1.165, 1.54) is 0 Å². The van der Waals surface area contributed by atoms with Crippen LogP contribution in [0.3, 0.4) is 0 Å². The summed E-state index contributed by atoms with van der Waals surface area (Å²) in [6, 6.07) is 8.52. The van der Waals surface area contributed by atoms with Gasteiger partial charge in [-0.05, 0) is 24.3 Å². The highest BCUT2D eigenvalue weighted by Gasteiger charge is 2.23. The normalized spacial score (nSPS) is 11.2. The Morgan fingerprint density at radius 3 is 2.44 bits per heavy atom. The second kappa shape index (κ2) is 4.72. The molecule has 0 aliphatic rings. The minimum Gasteiger partial charge on any atom is -0.220 e. The number of nitrogens with zero attached hydrogens (tertiary/aromatic N) is 3. The van der Waals surface area contributed by atoms with Crippen molar-refractivity contribution < 1.29 is 8.42 Å². The molecule has 0 saturated carbocycles. The standard InChI is InChI=1S/C10H5BrClN3O2S/c11-8-1-3-9(4-2-8)15-10(18(12,16)17)7(5-13)6-14-15/h1-4,6H. The first kappa shape index (κ1) is 13.1. The van der Waals surface area contributed by atoms with Crippen molar-refractivity contribution in [1.82, 2.24) is 9.78 Å². The first-order valence-electron chi connectivity index (χ1n) is 4.62. The molecule has 0 bridgehead atoms. The van der Waals surface area contributed by atoms with Gasteiger partial charge in [-0.15, -0.1) is 0 Å². The van der Waals surface area contributed by atoms with Crippen LogP contribution in [0.4, 0.5) is 0 Å². The van der Waals surface area contributed by atoms with Gasteiger partial charge in [-0.1, -0.05) is 15.9 Å². The highest BCUT2D eigenvalue weighted by Crippen LogP contribution is 2.23. The van der Waals surface area contributed by atoms with Gasteiger partial charge in [0.15, 0.2) is 5.03 Å². The van der Waals surface area contributed by atoms with Gasteiger partial charge in [0, 0.05) is 15.2 Å². The first-order chi connectivity index (χ1) is 8.43. The Bertz CT molecular complexity index is 731. The van der Waals surface area contributed by atoms with E-state index in [-0.39, 0.29) is 10.6 Å². The van der Waals surface area contributed by atoms with Gasteiger partial charge in [-0.2, -0.15) is 10.4 Å². The molecule has 0 saturated heterocycles. The molecule has 0 fully saturated rings. The van der Waals surface area contributed by atoms with Gasteiger partial charge in [0.05, 0.1) is 11.9 Å². The summed E-state index contributed by atoms with van der Waals surface area (Å²) >= 11 is 3.27. The van der Waals surface area contributed by atoms with E-state index in [1.54, 1.807) is 30.3 Å². The van der Waals surface area contributed by atoms with E-state index in [1.807, 2.05) is 0 Å². The Labute approximate surface area is 116 Å². The quantitative estimate of drug-likeness (QED) is 0.783. The maximum atomic E-state index is 11.5. The Morgan fingerprint density at radius 1 is 1.33 bits per heavy atom. The lowest BCUT2D eigenvalue weighted by Crippen LogP contribution is -2.05. The van der Waals surface area contributed by atoms with Gasteiger partial charge in [0.25, 0.3) is 9.05 Å². The first-order valence-corrected chi connectivity index (χ1v) is 7.72. The highest BCUT2D eigenvalue weighted by atomic mass is 79.9. The smallest absolute Gasteiger partial charge is 0.220 e. The lowest BCUT2D eigenvalue weighted by atomic mass is 10.3.